The molecule has 1 aromatic rings. The van der Waals surface area contributed by atoms with Crippen molar-refractivity contribution in [1.29, 1.82) is 0 Å². The van der Waals surface area contributed by atoms with Gasteiger partial charge in [0.15, 0.2) is 5.82 Å². The summed E-state index contributed by atoms with van der Waals surface area (Å²) in [5.41, 5.74) is 0. The van der Waals surface area contributed by atoms with Crippen molar-refractivity contribution in [1.82, 2.24) is 20.1 Å². The van der Waals surface area contributed by atoms with E-state index in [0.29, 0.717) is 25.6 Å². The molecule has 1 heterocycles. The molecule has 0 unspecified atom stereocenters. The maximum absolute atomic E-state index is 11.2. The van der Waals surface area contributed by atoms with Gasteiger partial charge in [-0.2, -0.15) is 5.10 Å². The average molecular weight is 228 g/mol. The van der Waals surface area contributed by atoms with Crippen LogP contribution in [-0.2, 0) is 27.9 Å². The summed E-state index contributed by atoms with van der Waals surface area (Å²) < 4.78 is 11.4. The summed E-state index contributed by atoms with van der Waals surface area (Å²) in [6.07, 6.45) is 1.58. The summed E-state index contributed by atoms with van der Waals surface area (Å²) in [6, 6.07) is 0. The summed E-state index contributed by atoms with van der Waals surface area (Å²) in [7, 11) is 3.35. The molecular weight excluding hydrogens is 212 g/mol. The van der Waals surface area contributed by atoms with Crippen LogP contribution < -0.4 is 5.32 Å². The molecule has 1 aromatic heterocycles. The van der Waals surface area contributed by atoms with Gasteiger partial charge >= 0.3 is 0 Å². The lowest BCUT2D eigenvalue weighted by Gasteiger charge is -2.03. The fraction of sp³-hybridized carbons (Fsp3) is 0.667. The van der Waals surface area contributed by atoms with Crippen LogP contribution in [0.5, 0.6) is 0 Å². The van der Waals surface area contributed by atoms with Crippen molar-refractivity contribution in [3.63, 3.8) is 0 Å². The maximum Gasteiger partial charge on any atom is 0.246 e. The van der Waals surface area contributed by atoms with Crippen LogP contribution in [-0.4, -0.2) is 47.6 Å². The van der Waals surface area contributed by atoms with E-state index in [2.05, 4.69) is 15.4 Å². The first-order chi connectivity index (χ1) is 7.72. The van der Waals surface area contributed by atoms with Gasteiger partial charge in [-0.05, 0) is 0 Å². The second kappa shape index (κ2) is 6.91. The van der Waals surface area contributed by atoms with Gasteiger partial charge < -0.3 is 14.8 Å². The SMILES string of the molecule is COCCOCC(=O)NCc1ncn(C)n1. The Morgan fingerprint density at radius 1 is 1.56 bits per heavy atom. The maximum atomic E-state index is 11.2. The monoisotopic (exact) mass is 228 g/mol. The average Bonchev–Trinajstić information content (AvgIpc) is 2.68. The number of nitrogens with one attached hydrogen (secondary N) is 1. The minimum atomic E-state index is -0.191. The van der Waals surface area contributed by atoms with Gasteiger partial charge in [0.1, 0.15) is 12.9 Å². The Bertz CT molecular complexity index is 326. The van der Waals surface area contributed by atoms with Crippen LogP contribution in [0.25, 0.3) is 0 Å². The second-order valence-corrected chi connectivity index (χ2v) is 3.16. The van der Waals surface area contributed by atoms with Gasteiger partial charge in [0.2, 0.25) is 5.91 Å². The van der Waals surface area contributed by atoms with Gasteiger partial charge in [0, 0.05) is 14.2 Å². The van der Waals surface area contributed by atoms with E-state index in [1.54, 1.807) is 25.2 Å². The highest BCUT2D eigenvalue weighted by Gasteiger charge is 2.03. The molecule has 0 atom stereocenters. The van der Waals surface area contributed by atoms with E-state index in [0.717, 1.165) is 0 Å². The van der Waals surface area contributed by atoms with Gasteiger partial charge in [0.25, 0.3) is 0 Å². The van der Waals surface area contributed by atoms with Crippen molar-refractivity contribution in [2.24, 2.45) is 7.05 Å². The first kappa shape index (κ1) is 12.6. The number of hydrogen-bond donors (Lipinski definition) is 1. The first-order valence-electron chi connectivity index (χ1n) is 4.90. The lowest BCUT2D eigenvalue weighted by molar-refractivity contribution is -0.126. The zero-order chi connectivity index (χ0) is 11.8. The van der Waals surface area contributed by atoms with Gasteiger partial charge in [-0.15, -0.1) is 0 Å². The molecule has 0 spiro atoms. The Hall–Kier alpha value is -1.47. The predicted molar refractivity (Wildman–Crippen MR) is 55.5 cm³/mol. The van der Waals surface area contributed by atoms with Crippen LogP contribution in [0, 0.1) is 0 Å². The fourth-order valence-corrected chi connectivity index (χ4v) is 1.00. The van der Waals surface area contributed by atoms with Crippen LogP contribution in [0.4, 0.5) is 0 Å². The number of amides is 1. The topological polar surface area (TPSA) is 78.3 Å². The summed E-state index contributed by atoms with van der Waals surface area (Å²) in [5, 5.41) is 6.67. The summed E-state index contributed by atoms with van der Waals surface area (Å²) in [5.74, 6) is 0.385. The molecule has 7 nitrogen and oxygen atoms in total. The van der Waals surface area contributed by atoms with Crippen LogP contribution in [0.1, 0.15) is 5.82 Å². The van der Waals surface area contributed by atoms with Gasteiger partial charge in [-0.3, -0.25) is 9.48 Å². The fourth-order valence-electron chi connectivity index (χ4n) is 1.00. The highest BCUT2D eigenvalue weighted by Crippen LogP contribution is 1.86. The van der Waals surface area contributed by atoms with E-state index in [1.165, 1.54) is 0 Å². The van der Waals surface area contributed by atoms with E-state index in [9.17, 15) is 4.79 Å². The molecule has 1 amide bonds. The number of methoxy groups -OCH3 is 1. The number of aryl methyl sites for hydroxylation is 1. The molecule has 0 fully saturated rings. The van der Waals surface area contributed by atoms with Crippen LogP contribution >= 0.6 is 0 Å². The number of rotatable bonds is 7. The summed E-state index contributed by atoms with van der Waals surface area (Å²) >= 11 is 0. The molecule has 0 aliphatic heterocycles. The van der Waals surface area contributed by atoms with E-state index in [-0.39, 0.29) is 12.5 Å². The Morgan fingerprint density at radius 2 is 2.38 bits per heavy atom. The van der Waals surface area contributed by atoms with E-state index in [4.69, 9.17) is 9.47 Å². The largest absolute Gasteiger partial charge is 0.382 e. The van der Waals surface area contributed by atoms with Crippen LogP contribution in [0.2, 0.25) is 0 Å². The third-order valence-corrected chi connectivity index (χ3v) is 1.76. The molecular formula is C9H16N4O3. The predicted octanol–water partition coefficient (Wildman–Crippen LogP) is -0.906. The Labute approximate surface area is 93.8 Å². The zero-order valence-electron chi connectivity index (χ0n) is 9.47. The van der Waals surface area contributed by atoms with Crippen molar-refractivity contribution in [2.45, 2.75) is 6.54 Å². The van der Waals surface area contributed by atoms with Gasteiger partial charge in [0.05, 0.1) is 19.8 Å². The third-order valence-electron chi connectivity index (χ3n) is 1.76. The van der Waals surface area contributed by atoms with Gasteiger partial charge in [-0.1, -0.05) is 0 Å². The van der Waals surface area contributed by atoms with Crippen molar-refractivity contribution >= 4 is 5.91 Å². The molecule has 0 bridgehead atoms. The van der Waals surface area contributed by atoms with Crippen LogP contribution in [0.3, 0.4) is 0 Å². The Balaban J connectivity index is 2.10. The quantitative estimate of drug-likeness (QED) is 0.611. The molecule has 0 saturated carbocycles. The lowest BCUT2D eigenvalue weighted by Crippen LogP contribution is -2.28. The standard InChI is InChI=1S/C9H16N4O3/c1-13-7-11-8(12-13)5-10-9(14)6-16-4-3-15-2/h7H,3-6H2,1-2H3,(H,10,14). The third kappa shape index (κ3) is 4.85. The number of carbonyl (C=O) groups excluding carboxylic acids is 1. The minimum Gasteiger partial charge on any atom is -0.382 e. The second-order valence-electron chi connectivity index (χ2n) is 3.16. The molecule has 0 aliphatic rings. The molecule has 0 radical (unpaired) electrons. The van der Waals surface area contributed by atoms with E-state index in [1.807, 2.05) is 0 Å². The van der Waals surface area contributed by atoms with Crippen molar-refractivity contribution < 1.29 is 14.3 Å². The zero-order valence-corrected chi connectivity index (χ0v) is 9.47. The van der Waals surface area contributed by atoms with E-state index < -0.39 is 0 Å². The molecule has 0 aliphatic carbocycles. The Kier molecular flexibility index (Phi) is 5.44. The number of nitrogens with zero attached hydrogens (tertiary/aromatic N) is 3. The lowest BCUT2D eigenvalue weighted by atomic mass is 10.5. The summed E-state index contributed by atoms with van der Waals surface area (Å²) in [6.45, 7) is 1.23. The smallest absolute Gasteiger partial charge is 0.246 e. The number of carbonyl (C=O) groups is 1. The molecule has 1 rings (SSSR count). The van der Waals surface area contributed by atoms with Crippen LogP contribution in [0.15, 0.2) is 6.33 Å². The number of ether oxygens (including phenoxy) is 2. The summed E-state index contributed by atoms with van der Waals surface area (Å²) in [4.78, 5) is 15.2. The molecule has 0 saturated heterocycles. The molecule has 90 valence electrons. The Morgan fingerprint density at radius 3 is 3.00 bits per heavy atom. The molecule has 16 heavy (non-hydrogen) atoms. The molecule has 7 heteroatoms. The van der Waals surface area contributed by atoms with Gasteiger partial charge in [-0.25, -0.2) is 4.98 Å². The molecule has 0 aromatic carbocycles. The number of hydrogen-bond acceptors (Lipinski definition) is 5. The van der Waals surface area contributed by atoms with Crippen molar-refractivity contribution in [3.8, 4) is 0 Å². The number of aromatic nitrogens is 3. The minimum absolute atomic E-state index is 0.0240. The van der Waals surface area contributed by atoms with Crippen molar-refractivity contribution in [2.75, 3.05) is 26.9 Å². The highest BCUT2D eigenvalue weighted by atomic mass is 16.5. The van der Waals surface area contributed by atoms with Crippen molar-refractivity contribution in [3.05, 3.63) is 12.2 Å². The normalized spacial score (nSPS) is 10.4. The molecule has 1 N–H and O–H groups in total. The highest BCUT2D eigenvalue weighted by molar-refractivity contribution is 5.77. The van der Waals surface area contributed by atoms with E-state index >= 15 is 0 Å². The first-order valence-corrected chi connectivity index (χ1v) is 4.90.